The highest BCUT2D eigenvalue weighted by atomic mass is 35.5. The number of carbonyl (C=O) groups excluding carboxylic acids is 2. The molecule has 0 fully saturated rings. The van der Waals surface area contributed by atoms with Crippen molar-refractivity contribution in [2.75, 3.05) is 19.5 Å². The summed E-state index contributed by atoms with van der Waals surface area (Å²) in [5.74, 6) is -1.84. The molecule has 0 spiro atoms. The molecular formula is C12H12Cl2N2O6S. The minimum Gasteiger partial charge on any atom is -0.469 e. The van der Waals surface area contributed by atoms with Gasteiger partial charge in [-0.25, -0.2) is 13.2 Å². The number of carbonyl (C=O) groups is 2. The average Bonchev–Trinajstić information content (AvgIpc) is 2.47. The van der Waals surface area contributed by atoms with E-state index in [1.807, 2.05) is 0 Å². The zero-order chi connectivity index (χ0) is 17.4. The van der Waals surface area contributed by atoms with Gasteiger partial charge < -0.3 is 14.8 Å². The fourth-order valence-corrected chi connectivity index (χ4v) is 3.94. The summed E-state index contributed by atoms with van der Waals surface area (Å²) in [5.41, 5.74) is -2.04. The molecule has 0 bridgehead atoms. The standard InChI is InChI=1S/C12H12Cl2N2O6S/c1-21-10(17)5-12(11(18)22-2)15-8-3-6(13)7(14)4-9(8)23(19,20)16-12/h3-4,15-16H,5H2,1-2H3. The average molecular weight is 383 g/mol. The molecule has 0 aliphatic carbocycles. The predicted molar refractivity (Wildman–Crippen MR) is 81.8 cm³/mol. The molecule has 23 heavy (non-hydrogen) atoms. The number of benzene rings is 1. The van der Waals surface area contributed by atoms with Gasteiger partial charge in [0.2, 0.25) is 15.7 Å². The van der Waals surface area contributed by atoms with Crippen molar-refractivity contribution in [3.63, 3.8) is 0 Å². The van der Waals surface area contributed by atoms with Crippen molar-refractivity contribution in [1.82, 2.24) is 4.72 Å². The molecule has 1 atom stereocenters. The number of ether oxygens (including phenoxy) is 2. The van der Waals surface area contributed by atoms with Crippen molar-refractivity contribution in [2.24, 2.45) is 0 Å². The van der Waals surface area contributed by atoms with Gasteiger partial charge in [-0.05, 0) is 12.1 Å². The number of hydrogen-bond acceptors (Lipinski definition) is 7. The van der Waals surface area contributed by atoms with Crippen LogP contribution in [0.1, 0.15) is 6.42 Å². The summed E-state index contributed by atoms with van der Waals surface area (Å²) in [4.78, 5) is 23.5. The van der Waals surface area contributed by atoms with E-state index >= 15 is 0 Å². The molecule has 11 heteroatoms. The monoisotopic (exact) mass is 382 g/mol. The first-order chi connectivity index (χ1) is 10.6. The van der Waals surface area contributed by atoms with E-state index in [0.717, 1.165) is 20.3 Å². The number of halogens is 2. The van der Waals surface area contributed by atoms with E-state index in [1.165, 1.54) is 6.07 Å². The summed E-state index contributed by atoms with van der Waals surface area (Å²) in [5, 5.41) is 2.74. The number of nitrogens with one attached hydrogen (secondary N) is 2. The number of hydrogen-bond donors (Lipinski definition) is 2. The van der Waals surface area contributed by atoms with Crippen LogP contribution in [-0.4, -0.2) is 40.2 Å². The molecule has 1 aromatic rings. The van der Waals surface area contributed by atoms with Crippen LogP contribution >= 0.6 is 23.2 Å². The summed E-state index contributed by atoms with van der Waals surface area (Å²) < 4.78 is 36.1. The minimum absolute atomic E-state index is 0.00690. The third-order valence-corrected chi connectivity index (χ3v) is 5.40. The highest BCUT2D eigenvalue weighted by Crippen LogP contribution is 2.37. The van der Waals surface area contributed by atoms with Crippen molar-refractivity contribution in [2.45, 2.75) is 17.0 Å². The van der Waals surface area contributed by atoms with E-state index < -0.39 is 34.0 Å². The maximum atomic E-state index is 12.4. The number of fused-ring (bicyclic) bond motifs is 1. The van der Waals surface area contributed by atoms with E-state index in [2.05, 4.69) is 19.5 Å². The molecule has 8 nitrogen and oxygen atoms in total. The van der Waals surface area contributed by atoms with Gasteiger partial charge in [0, 0.05) is 0 Å². The quantitative estimate of drug-likeness (QED) is 0.753. The number of esters is 2. The molecule has 126 valence electrons. The van der Waals surface area contributed by atoms with Gasteiger partial charge in [-0.15, -0.1) is 0 Å². The van der Waals surface area contributed by atoms with Crippen LogP contribution in [0, 0.1) is 0 Å². The van der Waals surface area contributed by atoms with Gasteiger partial charge in [-0.3, -0.25) is 4.79 Å². The van der Waals surface area contributed by atoms with E-state index in [0.29, 0.717) is 0 Å². The molecule has 0 aromatic heterocycles. The summed E-state index contributed by atoms with van der Waals surface area (Å²) in [7, 11) is -2.00. The highest BCUT2D eigenvalue weighted by Gasteiger charge is 2.50. The molecule has 2 N–H and O–H groups in total. The molecule has 1 aliphatic heterocycles. The summed E-state index contributed by atoms with van der Waals surface area (Å²) in [6, 6.07) is 2.38. The van der Waals surface area contributed by atoms with Gasteiger partial charge in [-0.1, -0.05) is 23.2 Å². The lowest BCUT2D eigenvalue weighted by molar-refractivity contribution is -0.153. The van der Waals surface area contributed by atoms with Gasteiger partial charge >= 0.3 is 11.9 Å². The van der Waals surface area contributed by atoms with Gasteiger partial charge in [-0.2, -0.15) is 4.72 Å². The first kappa shape index (κ1) is 17.8. The van der Waals surface area contributed by atoms with E-state index in [9.17, 15) is 18.0 Å². The SMILES string of the molecule is COC(=O)CC1(C(=O)OC)Nc2cc(Cl)c(Cl)cc2S(=O)(=O)N1. The first-order valence-electron chi connectivity index (χ1n) is 6.11. The maximum absolute atomic E-state index is 12.4. The molecule has 0 saturated heterocycles. The van der Waals surface area contributed by atoms with Gasteiger partial charge in [0.15, 0.2) is 0 Å². The third-order valence-electron chi connectivity index (χ3n) is 3.14. The van der Waals surface area contributed by atoms with Crippen molar-refractivity contribution in [3.8, 4) is 0 Å². The molecule has 2 rings (SSSR count). The molecular weight excluding hydrogens is 371 g/mol. The van der Waals surface area contributed by atoms with E-state index in [-0.39, 0.29) is 20.6 Å². The highest BCUT2D eigenvalue weighted by molar-refractivity contribution is 7.89. The summed E-state index contributed by atoms with van der Waals surface area (Å²) in [6.45, 7) is 0. The normalized spacial score (nSPS) is 21.7. The predicted octanol–water partition coefficient (Wildman–Crippen LogP) is 1.13. The lowest BCUT2D eigenvalue weighted by atomic mass is 10.1. The second kappa shape index (κ2) is 6.16. The second-order valence-corrected chi connectivity index (χ2v) is 7.11. The van der Waals surface area contributed by atoms with Crippen LogP contribution < -0.4 is 10.0 Å². The van der Waals surface area contributed by atoms with Crippen molar-refractivity contribution >= 4 is 50.9 Å². The molecule has 1 aromatic carbocycles. The van der Waals surface area contributed by atoms with Crippen LogP contribution in [0.25, 0.3) is 0 Å². The Bertz CT molecular complexity index is 782. The Morgan fingerprint density at radius 1 is 1.17 bits per heavy atom. The van der Waals surface area contributed by atoms with Crippen LogP contribution in [0.5, 0.6) is 0 Å². The fourth-order valence-electron chi connectivity index (χ4n) is 2.10. The van der Waals surface area contributed by atoms with Crippen molar-refractivity contribution in [1.29, 1.82) is 0 Å². The van der Waals surface area contributed by atoms with Crippen molar-refractivity contribution in [3.05, 3.63) is 22.2 Å². The largest absolute Gasteiger partial charge is 0.469 e. The number of methoxy groups -OCH3 is 2. The lowest BCUT2D eigenvalue weighted by Crippen LogP contribution is -2.63. The number of sulfonamides is 1. The number of anilines is 1. The van der Waals surface area contributed by atoms with Gasteiger partial charge in [0.05, 0.1) is 36.4 Å². The molecule has 0 radical (unpaired) electrons. The molecule has 1 unspecified atom stereocenters. The molecule has 0 amide bonds. The topological polar surface area (TPSA) is 111 Å². The first-order valence-corrected chi connectivity index (χ1v) is 8.35. The fraction of sp³-hybridized carbons (Fsp3) is 0.333. The van der Waals surface area contributed by atoms with E-state index in [4.69, 9.17) is 23.2 Å². The molecule has 1 heterocycles. The van der Waals surface area contributed by atoms with Crippen molar-refractivity contribution < 1.29 is 27.5 Å². The smallest absolute Gasteiger partial charge is 0.348 e. The maximum Gasteiger partial charge on any atom is 0.348 e. The van der Waals surface area contributed by atoms with Crippen LogP contribution in [-0.2, 0) is 29.1 Å². The third kappa shape index (κ3) is 3.23. The second-order valence-electron chi connectivity index (χ2n) is 4.64. The Kier molecular flexibility index (Phi) is 4.76. The van der Waals surface area contributed by atoms with Crippen LogP contribution in [0.2, 0.25) is 10.0 Å². The number of rotatable bonds is 3. The summed E-state index contributed by atoms with van der Waals surface area (Å²) >= 11 is 11.7. The summed E-state index contributed by atoms with van der Waals surface area (Å²) in [6.07, 6.45) is -0.630. The Hall–Kier alpha value is -1.55. The minimum atomic E-state index is -4.16. The Labute approximate surface area is 142 Å². The van der Waals surface area contributed by atoms with Crippen LogP contribution in [0.4, 0.5) is 5.69 Å². The lowest BCUT2D eigenvalue weighted by Gasteiger charge is -2.36. The zero-order valence-electron chi connectivity index (χ0n) is 12.0. The zero-order valence-corrected chi connectivity index (χ0v) is 14.3. The Morgan fingerprint density at radius 2 is 1.78 bits per heavy atom. The van der Waals surface area contributed by atoms with Gasteiger partial charge in [0.1, 0.15) is 4.90 Å². The Balaban J connectivity index is 2.62. The van der Waals surface area contributed by atoms with E-state index in [1.54, 1.807) is 0 Å². The van der Waals surface area contributed by atoms with Gasteiger partial charge in [0.25, 0.3) is 0 Å². The van der Waals surface area contributed by atoms with Crippen LogP contribution in [0.3, 0.4) is 0 Å². The molecule has 1 aliphatic rings. The molecule has 0 saturated carbocycles. The van der Waals surface area contributed by atoms with Crippen LogP contribution in [0.15, 0.2) is 17.0 Å². The Morgan fingerprint density at radius 3 is 2.35 bits per heavy atom.